The van der Waals surface area contributed by atoms with Gasteiger partial charge in [0.1, 0.15) is 5.75 Å². The number of phenols is 1. The van der Waals surface area contributed by atoms with Gasteiger partial charge in [-0.1, -0.05) is 24.3 Å². The lowest BCUT2D eigenvalue weighted by Gasteiger charge is -2.17. The molecule has 2 aromatic rings. The van der Waals surface area contributed by atoms with Gasteiger partial charge in [-0.15, -0.1) is 0 Å². The van der Waals surface area contributed by atoms with Crippen LogP contribution in [0.3, 0.4) is 0 Å². The van der Waals surface area contributed by atoms with E-state index in [0.717, 1.165) is 0 Å². The van der Waals surface area contributed by atoms with Gasteiger partial charge in [-0.3, -0.25) is 9.59 Å². The fraction of sp³-hybridized carbons (Fsp3) is 0.125. The molecule has 0 aromatic heterocycles. The summed E-state index contributed by atoms with van der Waals surface area (Å²) in [7, 11) is 1.59. The van der Waals surface area contributed by atoms with Crippen LogP contribution in [-0.4, -0.2) is 30.5 Å². The Hall–Kier alpha value is -2.82. The van der Waals surface area contributed by atoms with E-state index in [0.29, 0.717) is 11.3 Å². The van der Waals surface area contributed by atoms with E-state index in [1.54, 1.807) is 43.4 Å². The van der Waals surface area contributed by atoms with E-state index < -0.39 is 0 Å². The van der Waals surface area contributed by atoms with Gasteiger partial charge in [-0.05, 0) is 24.3 Å². The molecule has 0 aliphatic heterocycles. The summed E-state index contributed by atoms with van der Waals surface area (Å²) in [5, 5.41) is 12.0. The molecule has 0 aliphatic carbocycles. The zero-order chi connectivity index (χ0) is 15.2. The van der Waals surface area contributed by atoms with E-state index in [-0.39, 0.29) is 24.1 Å². The van der Waals surface area contributed by atoms with E-state index in [4.69, 9.17) is 0 Å². The molecule has 0 atom stereocenters. The van der Waals surface area contributed by atoms with Crippen LogP contribution in [0.4, 0.5) is 5.69 Å². The van der Waals surface area contributed by atoms with Crippen molar-refractivity contribution in [2.75, 3.05) is 18.5 Å². The monoisotopic (exact) mass is 284 g/mol. The topological polar surface area (TPSA) is 69.6 Å². The van der Waals surface area contributed by atoms with Gasteiger partial charge in [0.2, 0.25) is 5.91 Å². The van der Waals surface area contributed by atoms with Gasteiger partial charge >= 0.3 is 0 Å². The SMILES string of the molecule is CN(C(=O)CNC(=O)c1ccccc1)c1cccc(O)c1. The predicted molar refractivity (Wildman–Crippen MR) is 80.3 cm³/mol. The molecule has 0 radical (unpaired) electrons. The van der Waals surface area contributed by atoms with Crippen molar-refractivity contribution in [3.8, 4) is 5.75 Å². The van der Waals surface area contributed by atoms with E-state index in [2.05, 4.69) is 5.32 Å². The van der Waals surface area contributed by atoms with Crippen molar-refractivity contribution in [1.82, 2.24) is 5.32 Å². The second kappa shape index (κ2) is 6.56. The molecule has 0 saturated carbocycles. The quantitative estimate of drug-likeness (QED) is 0.899. The first-order chi connectivity index (χ1) is 10.1. The fourth-order valence-corrected chi connectivity index (χ4v) is 1.81. The van der Waals surface area contributed by atoms with E-state index in [9.17, 15) is 14.7 Å². The van der Waals surface area contributed by atoms with Gasteiger partial charge in [0.05, 0.1) is 6.54 Å². The number of hydrogen-bond donors (Lipinski definition) is 2. The summed E-state index contributed by atoms with van der Waals surface area (Å²) in [5.41, 5.74) is 1.07. The molecule has 0 saturated heterocycles. The predicted octanol–water partition coefficient (Wildman–Crippen LogP) is 1.78. The van der Waals surface area contributed by atoms with E-state index >= 15 is 0 Å². The summed E-state index contributed by atoms with van der Waals surface area (Å²) in [6.45, 7) is -0.111. The molecule has 2 amide bonds. The third-order valence-electron chi connectivity index (χ3n) is 3.03. The molecule has 0 heterocycles. The molecule has 21 heavy (non-hydrogen) atoms. The highest BCUT2D eigenvalue weighted by molar-refractivity contribution is 6.00. The molecule has 108 valence electrons. The molecule has 5 nitrogen and oxygen atoms in total. The number of nitrogens with one attached hydrogen (secondary N) is 1. The van der Waals surface area contributed by atoms with Gasteiger partial charge in [0.15, 0.2) is 0 Å². The van der Waals surface area contributed by atoms with Crippen molar-refractivity contribution >= 4 is 17.5 Å². The third-order valence-corrected chi connectivity index (χ3v) is 3.03. The fourth-order valence-electron chi connectivity index (χ4n) is 1.81. The van der Waals surface area contributed by atoms with Gasteiger partial charge < -0.3 is 15.3 Å². The van der Waals surface area contributed by atoms with Gasteiger partial charge in [-0.2, -0.15) is 0 Å². The number of likely N-dealkylation sites (N-methyl/N-ethyl adjacent to an activating group) is 1. The van der Waals surface area contributed by atoms with Crippen LogP contribution < -0.4 is 10.2 Å². The molecule has 2 N–H and O–H groups in total. The van der Waals surface area contributed by atoms with Crippen molar-refractivity contribution in [2.24, 2.45) is 0 Å². The van der Waals surface area contributed by atoms with Crippen molar-refractivity contribution < 1.29 is 14.7 Å². The lowest BCUT2D eigenvalue weighted by atomic mass is 10.2. The summed E-state index contributed by atoms with van der Waals surface area (Å²) in [6, 6.07) is 15.1. The van der Waals surface area contributed by atoms with Crippen LogP contribution in [0.1, 0.15) is 10.4 Å². The van der Waals surface area contributed by atoms with Gasteiger partial charge in [-0.25, -0.2) is 0 Å². The van der Waals surface area contributed by atoms with Crippen LogP contribution in [-0.2, 0) is 4.79 Å². The zero-order valence-electron chi connectivity index (χ0n) is 11.6. The summed E-state index contributed by atoms with van der Waals surface area (Å²) in [5.74, 6) is -0.487. The van der Waals surface area contributed by atoms with Crippen molar-refractivity contribution in [1.29, 1.82) is 0 Å². The molecule has 5 heteroatoms. The number of hydrogen-bond acceptors (Lipinski definition) is 3. The van der Waals surface area contributed by atoms with Crippen molar-refractivity contribution in [2.45, 2.75) is 0 Å². The Bertz CT molecular complexity index is 641. The minimum absolute atomic E-state index is 0.0838. The molecule has 0 fully saturated rings. The normalized spacial score (nSPS) is 9.95. The number of phenolic OH excluding ortho intramolecular Hbond substituents is 1. The summed E-state index contributed by atoms with van der Waals surface area (Å²) in [6.07, 6.45) is 0. The third kappa shape index (κ3) is 3.82. The van der Waals surface area contributed by atoms with Crippen LogP contribution in [0.15, 0.2) is 54.6 Å². The first kappa shape index (κ1) is 14.6. The largest absolute Gasteiger partial charge is 0.508 e. The number of anilines is 1. The number of benzene rings is 2. The lowest BCUT2D eigenvalue weighted by molar-refractivity contribution is -0.117. The van der Waals surface area contributed by atoms with Crippen LogP contribution in [0.2, 0.25) is 0 Å². The highest BCUT2D eigenvalue weighted by atomic mass is 16.3. The standard InChI is InChI=1S/C16H16N2O3/c1-18(13-8-5-9-14(19)10-13)15(20)11-17-16(21)12-6-3-2-4-7-12/h2-10,19H,11H2,1H3,(H,17,21). The van der Waals surface area contributed by atoms with Gasteiger partial charge in [0.25, 0.3) is 5.91 Å². The molecule has 0 bridgehead atoms. The summed E-state index contributed by atoms with van der Waals surface area (Å²) in [4.78, 5) is 25.2. The molecule has 0 aliphatic rings. The lowest BCUT2D eigenvalue weighted by Crippen LogP contribution is -2.38. The number of aromatic hydroxyl groups is 1. The Morgan fingerprint density at radius 3 is 2.48 bits per heavy atom. The number of rotatable bonds is 4. The number of amides is 2. The maximum Gasteiger partial charge on any atom is 0.251 e. The van der Waals surface area contributed by atoms with Crippen LogP contribution in [0.25, 0.3) is 0 Å². The highest BCUT2D eigenvalue weighted by Crippen LogP contribution is 2.18. The zero-order valence-corrected chi connectivity index (χ0v) is 11.6. The smallest absolute Gasteiger partial charge is 0.251 e. The van der Waals surface area contributed by atoms with Crippen LogP contribution in [0.5, 0.6) is 5.75 Å². The molecular weight excluding hydrogens is 268 g/mol. The number of carbonyl (C=O) groups excluding carboxylic acids is 2. The second-order valence-corrected chi connectivity index (χ2v) is 4.52. The van der Waals surface area contributed by atoms with Crippen LogP contribution in [0, 0.1) is 0 Å². The van der Waals surface area contributed by atoms with Gasteiger partial charge in [0, 0.05) is 24.4 Å². The molecular formula is C16H16N2O3. The minimum atomic E-state index is -0.298. The average Bonchev–Trinajstić information content (AvgIpc) is 2.52. The highest BCUT2D eigenvalue weighted by Gasteiger charge is 2.13. The minimum Gasteiger partial charge on any atom is -0.508 e. The van der Waals surface area contributed by atoms with E-state index in [1.165, 1.54) is 17.0 Å². The molecule has 2 aromatic carbocycles. The summed E-state index contributed by atoms with van der Waals surface area (Å²) >= 11 is 0. The molecule has 0 spiro atoms. The van der Waals surface area contributed by atoms with Crippen molar-refractivity contribution in [3.63, 3.8) is 0 Å². The summed E-state index contributed by atoms with van der Waals surface area (Å²) < 4.78 is 0. The number of nitrogens with zero attached hydrogens (tertiary/aromatic N) is 1. The first-order valence-corrected chi connectivity index (χ1v) is 6.47. The molecule has 2 rings (SSSR count). The Balaban J connectivity index is 1.94. The number of carbonyl (C=O) groups is 2. The van der Waals surface area contributed by atoms with Crippen molar-refractivity contribution in [3.05, 3.63) is 60.2 Å². The Labute approximate surface area is 122 Å². The Kier molecular flexibility index (Phi) is 4.56. The maximum atomic E-state index is 12.0. The average molecular weight is 284 g/mol. The first-order valence-electron chi connectivity index (χ1n) is 6.47. The Morgan fingerprint density at radius 2 is 1.81 bits per heavy atom. The van der Waals surface area contributed by atoms with Crippen LogP contribution >= 0.6 is 0 Å². The maximum absolute atomic E-state index is 12.0. The van der Waals surface area contributed by atoms with E-state index in [1.807, 2.05) is 6.07 Å². The second-order valence-electron chi connectivity index (χ2n) is 4.52. The molecule has 0 unspecified atom stereocenters. The Morgan fingerprint density at radius 1 is 1.10 bits per heavy atom.